The minimum atomic E-state index is -1.42. The largest absolute Gasteiger partial charge is 0.480 e. The fourth-order valence-electron chi connectivity index (χ4n) is 6.96. The first-order chi connectivity index (χ1) is 43.8. The van der Waals surface area contributed by atoms with Crippen molar-refractivity contribution in [2.45, 2.75) is 165 Å². The van der Waals surface area contributed by atoms with Crippen molar-refractivity contribution in [2.24, 2.45) is 5.73 Å². The number of carbonyl (C=O) groups is 17. The second-order valence-corrected chi connectivity index (χ2v) is 23.8. The first-order valence-corrected chi connectivity index (χ1v) is 33.6. The lowest BCUT2D eigenvalue weighted by Gasteiger charge is -2.25. The molecule has 532 valence electrons. The second kappa shape index (κ2) is 44.5. The summed E-state index contributed by atoms with van der Waals surface area (Å²) in [6.45, 7) is 11.4. The van der Waals surface area contributed by atoms with E-state index in [1.54, 1.807) is 0 Å². The number of carboxylic acid groups (broad SMARTS) is 1. The third kappa shape index (κ3) is 30.7. The summed E-state index contributed by atoms with van der Waals surface area (Å²) in [6, 6.07) is -22.2. The van der Waals surface area contributed by atoms with E-state index in [9.17, 15) is 81.5 Å². The first-order valence-electron chi connectivity index (χ1n) is 28.5. The molecule has 17 atom stereocenters. The van der Waals surface area contributed by atoms with E-state index in [2.05, 4.69) is 186 Å². The van der Waals surface area contributed by atoms with Gasteiger partial charge in [0.05, 0.1) is 6.04 Å². The molecule has 0 unspecified atom stereocenters. The highest BCUT2D eigenvalue weighted by molar-refractivity contribution is 7.81. The van der Waals surface area contributed by atoms with E-state index in [4.69, 9.17) is 10.8 Å². The predicted molar refractivity (Wildman–Crippen MR) is 368 cm³/mol. The molecule has 0 radical (unpaired) electrons. The molecule has 0 rings (SSSR count). The SMILES string of the molecule is C[C@H](NC(=O)[C@H](C)NC(=O)[C@H](CS)NC(=O)[C@H](C)NC(=O)[C@H](CS)NC(=O)[C@H](C)NC(=O)[C@H](CS)NC(=O)[C@H](C)NC(=O)[C@H](CS)NC(=O)[C@H](C)NC(=O)[C@H](CS)NC(=O)[C@H](C)NC(=O)[C@H](CS)NC(=O)[C@H](C)NC(=O)[C@H](CS)NC(=O)[C@H](C)NC(=O)[C@@H](N)CS)C(=O)O. The van der Waals surface area contributed by atoms with E-state index in [0.717, 1.165) is 0 Å². The minimum Gasteiger partial charge on any atom is -0.480 e. The molecule has 0 aromatic rings. The molecule has 43 heteroatoms. The standard InChI is InChI=1S/C51H87N17O18S8/c1-18(35(69)61-26(9)51(85)86)54-44(78)28(11-88)63-37(71)20(3)56-46(80)30(13-90)65-39(73)22(5)58-48(82)32(15-92)67-41(75)24(7)60-50(84)34(17-94)68-42(76)25(8)59-49(83)33(16-93)66-40(74)23(6)57-47(81)31(14-91)64-38(72)21(4)55-45(79)29(12-89)62-36(70)19(2)53-43(77)27(52)10-87/h18-34,87-94H,10-17,52H2,1-9H3,(H,53,77)(H,54,78)(H,55,79)(H,56,80)(H,57,81)(H,58,82)(H,59,83)(H,60,84)(H,61,69)(H,62,70)(H,63,71)(H,64,72)(H,65,73)(H,66,74)(H,67,75)(H,68,76)(H,85,86)/t18-,19-,20-,21-,22-,23-,24-,25-,26-,27-,28-,29-,30-,31-,32-,33-,34-/m0/s1. The van der Waals surface area contributed by atoms with Crippen molar-refractivity contribution in [1.29, 1.82) is 0 Å². The Labute approximate surface area is 586 Å². The van der Waals surface area contributed by atoms with Crippen molar-refractivity contribution < 1.29 is 86.6 Å². The van der Waals surface area contributed by atoms with Crippen LogP contribution in [0.15, 0.2) is 0 Å². The van der Waals surface area contributed by atoms with Gasteiger partial charge in [-0.3, -0.25) is 81.5 Å². The molecule has 94 heavy (non-hydrogen) atoms. The molecular formula is C51H87N17O18S8. The number of hydrogen-bond donors (Lipinski definition) is 26. The van der Waals surface area contributed by atoms with Crippen molar-refractivity contribution in [3.63, 3.8) is 0 Å². The monoisotopic (exact) mass is 1480 g/mol. The Hall–Kier alpha value is -6.25. The first kappa shape index (κ1) is 87.8. The van der Waals surface area contributed by atoms with Crippen molar-refractivity contribution in [3.8, 4) is 0 Å². The number of rotatable bonds is 41. The van der Waals surface area contributed by atoms with Crippen LogP contribution < -0.4 is 90.8 Å². The maximum atomic E-state index is 13.3. The van der Waals surface area contributed by atoms with E-state index in [1.165, 1.54) is 62.3 Å². The molecule has 0 aromatic carbocycles. The van der Waals surface area contributed by atoms with E-state index in [0.29, 0.717) is 0 Å². The summed E-state index contributed by atoms with van der Waals surface area (Å²) in [5.74, 6) is -17.3. The molecular weight excluding hydrogens is 1400 g/mol. The molecule has 35 nitrogen and oxygen atoms in total. The van der Waals surface area contributed by atoms with Crippen LogP contribution in [0.4, 0.5) is 0 Å². The molecule has 0 saturated heterocycles. The molecule has 0 aliphatic carbocycles. The lowest BCUT2D eigenvalue weighted by Crippen LogP contribution is -2.60. The van der Waals surface area contributed by atoms with Crippen LogP contribution in [-0.2, 0) is 81.5 Å². The quantitative estimate of drug-likeness (QED) is 0.0253. The summed E-state index contributed by atoms with van der Waals surface area (Å²) in [5.41, 5.74) is 5.61. The van der Waals surface area contributed by atoms with Gasteiger partial charge in [-0.2, -0.15) is 101 Å². The van der Waals surface area contributed by atoms with Crippen LogP contribution in [0.5, 0.6) is 0 Å². The van der Waals surface area contributed by atoms with Crippen LogP contribution >= 0.6 is 101 Å². The Morgan fingerprint density at radius 1 is 0.223 bits per heavy atom. The maximum Gasteiger partial charge on any atom is 0.325 e. The van der Waals surface area contributed by atoms with Gasteiger partial charge in [-0.05, 0) is 62.3 Å². The molecule has 0 fully saturated rings. The Balaban J connectivity index is 5.41. The molecule has 0 spiro atoms. The Morgan fingerprint density at radius 3 is 0.479 bits per heavy atom. The smallest absolute Gasteiger partial charge is 0.325 e. The summed E-state index contributed by atoms with van der Waals surface area (Å²) in [6.07, 6.45) is 0. The fourth-order valence-corrected chi connectivity index (χ4v) is 8.93. The van der Waals surface area contributed by atoms with Crippen LogP contribution in [0.2, 0.25) is 0 Å². The normalized spacial score (nSPS) is 16.4. The number of carboxylic acids is 1. The number of nitrogens with two attached hydrogens (primary N) is 1. The number of amides is 16. The number of aliphatic carboxylic acids is 1. The van der Waals surface area contributed by atoms with E-state index >= 15 is 0 Å². The number of hydrogen-bond acceptors (Lipinski definition) is 26. The lowest BCUT2D eigenvalue weighted by molar-refractivity contribution is -0.141. The van der Waals surface area contributed by atoms with Gasteiger partial charge in [0, 0.05) is 46.0 Å². The maximum absolute atomic E-state index is 13.3. The molecule has 0 heterocycles. The third-order valence-electron chi connectivity index (χ3n) is 13.0. The highest BCUT2D eigenvalue weighted by atomic mass is 32.1. The highest BCUT2D eigenvalue weighted by Crippen LogP contribution is 2.04. The zero-order valence-electron chi connectivity index (χ0n) is 52.5. The predicted octanol–water partition coefficient (Wildman–Crippen LogP) is -9.23. The van der Waals surface area contributed by atoms with Gasteiger partial charge in [-0.25, -0.2) is 0 Å². The van der Waals surface area contributed by atoms with Gasteiger partial charge in [0.15, 0.2) is 0 Å². The Bertz CT molecular complexity index is 2730. The van der Waals surface area contributed by atoms with Crippen LogP contribution in [0.1, 0.15) is 62.3 Å². The Kier molecular flexibility index (Phi) is 41.5. The van der Waals surface area contributed by atoms with Crippen LogP contribution in [-0.4, -0.2) is 254 Å². The summed E-state index contributed by atoms with van der Waals surface area (Å²) in [4.78, 5) is 219. The third-order valence-corrected chi connectivity index (χ3v) is 15.9. The summed E-state index contributed by atoms with van der Waals surface area (Å²) in [7, 11) is 0. The number of carbonyl (C=O) groups excluding carboxylic acids is 16. The number of thiol groups is 8. The molecule has 0 aromatic heterocycles. The number of nitrogens with one attached hydrogen (secondary N) is 16. The molecule has 0 aliphatic rings. The van der Waals surface area contributed by atoms with Crippen molar-refractivity contribution in [3.05, 3.63) is 0 Å². The minimum absolute atomic E-state index is 0.0114. The van der Waals surface area contributed by atoms with Gasteiger partial charge in [0.2, 0.25) is 94.5 Å². The van der Waals surface area contributed by atoms with Gasteiger partial charge in [-0.15, -0.1) is 0 Å². The van der Waals surface area contributed by atoms with Crippen molar-refractivity contribution >= 4 is 202 Å². The van der Waals surface area contributed by atoms with Crippen molar-refractivity contribution in [2.75, 3.05) is 46.0 Å². The van der Waals surface area contributed by atoms with Gasteiger partial charge in [-0.1, -0.05) is 0 Å². The van der Waals surface area contributed by atoms with Gasteiger partial charge >= 0.3 is 5.97 Å². The highest BCUT2D eigenvalue weighted by Gasteiger charge is 2.35. The molecule has 0 bridgehead atoms. The second-order valence-electron chi connectivity index (χ2n) is 20.9. The van der Waals surface area contributed by atoms with Gasteiger partial charge < -0.3 is 95.9 Å². The van der Waals surface area contributed by atoms with Crippen LogP contribution in [0.25, 0.3) is 0 Å². The Morgan fingerprint density at radius 2 is 0.351 bits per heavy atom. The summed E-state index contributed by atoms with van der Waals surface area (Å²) < 4.78 is 0. The molecule has 19 N–H and O–H groups in total. The summed E-state index contributed by atoms with van der Waals surface area (Å²) >= 11 is 32.6. The molecule has 16 amide bonds. The van der Waals surface area contributed by atoms with E-state index in [-0.39, 0.29) is 46.0 Å². The zero-order valence-corrected chi connectivity index (χ0v) is 59.7. The topological polar surface area (TPSA) is 529 Å². The fraction of sp³-hybridized carbons (Fsp3) is 0.667. The van der Waals surface area contributed by atoms with Crippen molar-refractivity contribution in [1.82, 2.24) is 85.1 Å². The average Bonchev–Trinajstić information content (AvgIpc) is 1.57. The molecule has 0 aliphatic heterocycles. The van der Waals surface area contributed by atoms with Crippen LogP contribution in [0.3, 0.4) is 0 Å². The lowest BCUT2D eigenvalue weighted by atomic mass is 10.2. The van der Waals surface area contributed by atoms with Gasteiger partial charge in [0.1, 0.15) is 96.7 Å². The molecule has 0 saturated carbocycles. The van der Waals surface area contributed by atoms with E-state index < -0.39 is 203 Å². The average molecular weight is 1480 g/mol. The van der Waals surface area contributed by atoms with Crippen LogP contribution in [0, 0.1) is 0 Å². The summed E-state index contributed by atoms with van der Waals surface area (Å²) in [5, 5.41) is 46.8. The van der Waals surface area contributed by atoms with E-state index in [1.807, 2.05) is 0 Å². The zero-order chi connectivity index (χ0) is 72.6. The van der Waals surface area contributed by atoms with Gasteiger partial charge in [0.25, 0.3) is 0 Å².